The van der Waals surface area contributed by atoms with Crippen molar-refractivity contribution in [3.8, 4) is 0 Å². The van der Waals surface area contributed by atoms with Crippen LogP contribution >= 0.6 is 43.6 Å². The topological polar surface area (TPSA) is 0 Å². The molecule has 0 amide bonds. The highest BCUT2D eigenvalue weighted by Crippen LogP contribution is 2.66. The molecule has 6 heteroatoms. The molecule has 0 saturated carbocycles. The van der Waals surface area contributed by atoms with Crippen molar-refractivity contribution in [1.29, 1.82) is 0 Å². The maximum atomic E-state index is 3.14. The summed E-state index contributed by atoms with van der Waals surface area (Å²) in [5.41, 5.74) is 0. The fourth-order valence-corrected chi connectivity index (χ4v) is 143. The Hall–Kier alpha value is 2.33. The molecule has 180 valence electrons. The van der Waals surface area contributed by atoms with E-state index in [-0.39, 0.29) is 0 Å². The lowest BCUT2D eigenvalue weighted by Crippen LogP contribution is -2.71. The van der Waals surface area contributed by atoms with Crippen molar-refractivity contribution in [3.05, 3.63) is 0 Å². The Morgan fingerprint density at radius 1 is 0.333 bits per heavy atom. The summed E-state index contributed by atoms with van der Waals surface area (Å²) in [7, 11) is -3.50. The van der Waals surface area contributed by atoms with Crippen molar-refractivity contribution in [3.63, 3.8) is 0 Å². The van der Waals surface area contributed by atoms with Crippen LogP contribution in [0.2, 0.25) is 30.2 Å². The van der Waals surface area contributed by atoms with Crippen LogP contribution < -0.4 is 0 Å². The van der Waals surface area contributed by atoms with Gasteiger partial charge in [0, 0.05) is 0 Å². The van der Waals surface area contributed by atoms with Gasteiger partial charge in [0.1, 0.15) is 0 Å². The molecule has 0 unspecified atom stereocenters. The molecule has 0 saturated heterocycles. The fraction of sp³-hybridized carbons (Fsp3) is 1.00. The zero-order valence-corrected chi connectivity index (χ0v) is 32.1. The number of rotatable bonds is 2. The molecule has 0 aliphatic rings. The molecule has 0 fully saturated rings. The molecule has 0 aromatic rings. The van der Waals surface area contributed by atoms with Gasteiger partial charge in [0.05, 0.1) is 25.0 Å². The average Bonchev–Trinajstić information content (AvgIpc) is 2.27. The number of halogens is 2. The standard InChI is InChI=1S/C24H54I2Si4/c1-19(2,3)29(20(4,5)6,21(7,8)9)27(25)28(26)30(22(10,11)12,23(13,14)15)24(16,17)18/h1-18H3/b28-27+. The molecule has 0 bridgehead atoms. The predicted octanol–water partition coefficient (Wildman–Crippen LogP) is 10.8. The quantitative estimate of drug-likeness (QED) is 0.152. The molecule has 0 N–H and O–H groups in total. The lowest BCUT2D eigenvalue weighted by molar-refractivity contribution is 0.553. The third-order valence-corrected chi connectivity index (χ3v) is 97.6. The van der Waals surface area contributed by atoms with Crippen LogP contribution in [-0.2, 0) is 0 Å². The third kappa shape index (κ3) is 4.99. The highest BCUT2D eigenvalue weighted by atomic mass is 127. The smallest absolute Gasteiger partial charge is 0.0884 e. The number of hydrogen-bond acceptors (Lipinski definition) is 0. The largest absolute Gasteiger partial charge is 0.0997 e. The highest BCUT2D eigenvalue weighted by Gasteiger charge is 2.67. The van der Waals surface area contributed by atoms with Gasteiger partial charge in [-0.3, -0.25) is 0 Å². The SMILES string of the molecule is CC(C)(C)[Si](/[Si](I)=[Si](\I)[Si](C(C)(C)C)(C(C)(C)C)C(C)(C)C)(C(C)(C)C)C(C)(C)C. The van der Waals surface area contributed by atoms with E-state index in [2.05, 4.69) is 168 Å². The summed E-state index contributed by atoms with van der Waals surface area (Å²) in [5.74, 6) is 0. The summed E-state index contributed by atoms with van der Waals surface area (Å²) in [6.07, 6.45) is 0. The zero-order valence-electron chi connectivity index (χ0n) is 23.8. The minimum Gasteiger partial charge on any atom is -0.0997 e. The van der Waals surface area contributed by atoms with Crippen molar-refractivity contribution in [2.24, 2.45) is 0 Å². The Labute approximate surface area is 221 Å². The maximum Gasteiger partial charge on any atom is 0.0884 e. The Morgan fingerprint density at radius 2 is 0.433 bits per heavy atom. The van der Waals surface area contributed by atoms with E-state index in [4.69, 9.17) is 0 Å². The lowest BCUT2D eigenvalue weighted by Gasteiger charge is -2.63. The lowest BCUT2D eigenvalue weighted by atomic mass is 10.2. The molecule has 0 spiro atoms. The van der Waals surface area contributed by atoms with E-state index in [1.807, 2.05) is 0 Å². The van der Waals surface area contributed by atoms with Crippen LogP contribution in [0.5, 0.6) is 0 Å². The van der Waals surface area contributed by atoms with Gasteiger partial charge < -0.3 is 0 Å². The molecule has 0 aromatic carbocycles. The van der Waals surface area contributed by atoms with Crippen LogP contribution in [0.3, 0.4) is 0 Å². The summed E-state index contributed by atoms with van der Waals surface area (Å²) in [6.45, 7) is 47.0. The Balaban J connectivity index is 8.11. The van der Waals surface area contributed by atoms with Crippen LogP contribution in [0.25, 0.3) is 0 Å². The van der Waals surface area contributed by atoms with Crippen molar-refractivity contribution in [2.45, 2.75) is 155 Å². The van der Waals surface area contributed by atoms with Gasteiger partial charge in [-0.25, -0.2) is 0 Å². The van der Waals surface area contributed by atoms with Crippen LogP contribution in [-0.4, -0.2) is 25.0 Å². The van der Waals surface area contributed by atoms with Gasteiger partial charge in [0.2, 0.25) is 0 Å². The Bertz CT molecular complexity index is 522. The molecule has 30 heavy (non-hydrogen) atoms. The van der Waals surface area contributed by atoms with Gasteiger partial charge in [0.25, 0.3) is 0 Å². The van der Waals surface area contributed by atoms with Crippen LogP contribution in [0.4, 0.5) is 0 Å². The second kappa shape index (κ2) is 9.08. The molecule has 0 nitrogen and oxygen atoms in total. The average molecular weight is 709 g/mol. The van der Waals surface area contributed by atoms with Gasteiger partial charge in [-0.1, -0.05) is 168 Å². The summed E-state index contributed by atoms with van der Waals surface area (Å²) in [5, 5.41) is 2.38. The maximum absolute atomic E-state index is 3.14. The van der Waals surface area contributed by atoms with E-state index in [0.29, 0.717) is 30.2 Å². The Morgan fingerprint density at radius 3 is 0.500 bits per heavy atom. The van der Waals surface area contributed by atoms with Gasteiger partial charge in [0.15, 0.2) is 0 Å². The predicted molar refractivity (Wildman–Crippen MR) is 169 cm³/mol. The van der Waals surface area contributed by atoms with Crippen molar-refractivity contribution in [1.82, 2.24) is 0 Å². The minimum atomic E-state index is -1.75. The molecule has 0 rings (SSSR count). The van der Waals surface area contributed by atoms with E-state index in [1.165, 1.54) is 0 Å². The van der Waals surface area contributed by atoms with Gasteiger partial charge in [-0.05, 0) is 30.2 Å². The first-order valence-electron chi connectivity index (χ1n) is 11.6. The molecule has 0 aliphatic carbocycles. The second-order valence-electron chi connectivity index (χ2n) is 15.6. The van der Waals surface area contributed by atoms with Crippen LogP contribution in [0.15, 0.2) is 0 Å². The zero-order chi connectivity index (χ0) is 25.2. The number of hydrogen-bond donors (Lipinski definition) is 0. The molecular formula is C24H54I2Si4. The first-order chi connectivity index (χ1) is 12.6. The van der Waals surface area contributed by atoms with E-state index in [9.17, 15) is 0 Å². The van der Waals surface area contributed by atoms with Gasteiger partial charge in [-0.15, -0.1) is 0 Å². The first-order valence-corrected chi connectivity index (χ1v) is 27.9. The highest BCUT2D eigenvalue weighted by molar-refractivity contribution is 14.2. The van der Waals surface area contributed by atoms with E-state index < -0.39 is 25.0 Å². The van der Waals surface area contributed by atoms with E-state index >= 15 is 0 Å². The van der Waals surface area contributed by atoms with Crippen LogP contribution in [0.1, 0.15) is 125 Å². The van der Waals surface area contributed by atoms with Crippen molar-refractivity contribution in [2.75, 3.05) is 0 Å². The van der Waals surface area contributed by atoms with E-state index in [1.54, 1.807) is 0 Å². The summed E-state index contributed by atoms with van der Waals surface area (Å²) in [4.78, 5) is -1.16. The fourth-order valence-electron chi connectivity index (χ4n) is 9.05. The summed E-state index contributed by atoms with van der Waals surface area (Å²) in [6, 6.07) is 0. The molecule has 0 aliphatic heterocycles. The molecule has 0 atom stereocenters. The van der Waals surface area contributed by atoms with Crippen LogP contribution in [0, 0.1) is 0 Å². The summed E-state index contributed by atoms with van der Waals surface area (Å²) < 4.78 is 0. The normalized spacial score (nSPS) is 17.2. The van der Waals surface area contributed by atoms with Crippen molar-refractivity contribution < 1.29 is 0 Å². The molecule has 0 heterocycles. The van der Waals surface area contributed by atoms with Gasteiger partial charge >= 0.3 is 0 Å². The monoisotopic (exact) mass is 708 g/mol. The molecule has 0 radical (unpaired) electrons. The minimum absolute atomic E-state index is 0.397. The molecular weight excluding hydrogens is 654 g/mol. The van der Waals surface area contributed by atoms with Crippen molar-refractivity contribution >= 4 is 68.6 Å². The third-order valence-electron chi connectivity index (χ3n) is 7.60. The second-order valence-corrected chi connectivity index (χ2v) is 61.1. The summed E-state index contributed by atoms with van der Waals surface area (Å²) >= 11 is 6.28. The van der Waals surface area contributed by atoms with E-state index in [0.717, 1.165) is 0 Å². The molecule has 0 aromatic heterocycles. The first kappa shape index (κ1) is 32.3. The Kier molecular flexibility index (Phi) is 9.79. The van der Waals surface area contributed by atoms with Gasteiger partial charge in [-0.2, -0.15) is 0 Å².